The van der Waals surface area contributed by atoms with Gasteiger partial charge < -0.3 is 10.0 Å². The van der Waals surface area contributed by atoms with Crippen LogP contribution in [0.1, 0.15) is 34.6 Å². The van der Waals surface area contributed by atoms with Crippen LogP contribution in [-0.4, -0.2) is 38.8 Å². The van der Waals surface area contributed by atoms with E-state index in [9.17, 15) is 13.6 Å². The number of benzene rings is 1. The molecule has 0 aliphatic carbocycles. The summed E-state index contributed by atoms with van der Waals surface area (Å²) in [4.78, 5) is 14.0. The summed E-state index contributed by atoms with van der Waals surface area (Å²) in [6.07, 6.45) is 2.85. The summed E-state index contributed by atoms with van der Waals surface area (Å²) in [6.45, 7) is -1.50. The van der Waals surface area contributed by atoms with Gasteiger partial charge in [-0.25, -0.2) is 4.68 Å². The SMILES string of the molecule is O=C(c1ccn(C(F)F)n1)N1CC[C@@H](Cc2ccc(CO)cc2)C1. The summed E-state index contributed by atoms with van der Waals surface area (Å²) in [6, 6.07) is 9.09. The van der Waals surface area contributed by atoms with Crippen LogP contribution in [0.2, 0.25) is 0 Å². The van der Waals surface area contributed by atoms with Gasteiger partial charge in [-0.3, -0.25) is 4.79 Å². The number of carbonyl (C=O) groups excluding carboxylic acids is 1. The zero-order valence-electron chi connectivity index (χ0n) is 13.1. The van der Waals surface area contributed by atoms with Gasteiger partial charge in [0.25, 0.3) is 5.91 Å². The Morgan fingerprint density at radius 2 is 1.96 bits per heavy atom. The highest BCUT2D eigenvalue weighted by Gasteiger charge is 2.28. The molecular weight excluding hydrogens is 316 g/mol. The second kappa shape index (κ2) is 7.09. The Morgan fingerprint density at radius 1 is 1.25 bits per heavy atom. The van der Waals surface area contributed by atoms with E-state index in [1.165, 1.54) is 6.07 Å². The molecule has 2 aromatic rings. The third-order valence-electron chi connectivity index (χ3n) is 4.33. The summed E-state index contributed by atoms with van der Waals surface area (Å²) in [5.41, 5.74) is 2.09. The average molecular weight is 335 g/mol. The van der Waals surface area contributed by atoms with Crippen molar-refractivity contribution in [3.8, 4) is 0 Å². The summed E-state index contributed by atoms with van der Waals surface area (Å²) < 4.78 is 25.6. The minimum absolute atomic E-state index is 0.0251. The number of aromatic nitrogens is 2. The third kappa shape index (κ3) is 3.62. The van der Waals surface area contributed by atoms with Gasteiger partial charge in [0.05, 0.1) is 6.61 Å². The lowest BCUT2D eigenvalue weighted by molar-refractivity contribution is 0.0553. The lowest BCUT2D eigenvalue weighted by atomic mass is 9.98. The molecule has 1 aliphatic heterocycles. The predicted octanol–water partition coefficient (Wildman–Crippen LogP) is 2.48. The predicted molar refractivity (Wildman–Crippen MR) is 83.6 cm³/mol. The molecule has 1 aromatic heterocycles. The maximum absolute atomic E-state index is 12.5. The van der Waals surface area contributed by atoms with Crippen LogP contribution in [0.25, 0.3) is 0 Å². The maximum Gasteiger partial charge on any atom is 0.333 e. The van der Waals surface area contributed by atoms with Crippen molar-refractivity contribution in [2.45, 2.75) is 26.0 Å². The van der Waals surface area contributed by atoms with Gasteiger partial charge in [0.2, 0.25) is 0 Å². The van der Waals surface area contributed by atoms with Gasteiger partial charge in [-0.1, -0.05) is 24.3 Å². The molecule has 2 heterocycles. The molecule has 1 aliphatic rings. The molecule has 0 saturated carbocycles. The van der Waals surface area contributed by atoms with Crippen LogP contribution >= 0.6 is 0 Å². The first-order valence-corrected chi connectivity index (χ1v) is 7.88. The molecule has 1 atom stereocenters. The van der Waals surface area contributed by atoms with Crippen LogP contribution in [-0.2, 0) is 13.0 Å². The first-order chi connectivity index (χ1) is 11.6. The lowest BCUT2D eigenvalue weighted by Crippen LogP contribution is -2.29. The summed E-state index contributed by atoms with van der Waals surface area (Å²) in [7, 11) is 0. The summed E-state index contributed by atoms with van der Waals surface area (Å²) in [5.74, 6) is 0.0404. The van der Waals surface area contributed by atoms with Gasteiger partial charge in [-0.2, -0.15) is 13.9 Å². The highest BCUT2D eigenvalue weighted by Crippen LogP contribution is 2.23. The largest absolute Gasteiger partial charge is 0.392 e. The Morgan fingerprint density at radius 3 is 2.58 bits per heavy atom. The Hall–Kier alpha value is -2.28. The fraction of sp³-hybridized carbons (Fsp3) is 0.412. The van der Waals surface area contributed by atoms with Crippen LogP contribution in [0.15, 0.2) is 36.5 Å². The second-order valence-electron chi connectivity index (χ2n) is 6.04. The van der Waals surface area contributed by atoms with Crippen molar-refractivity contribution in [3.63, 3.8) is 0 Å². The van der Waals surface area contributed by atoms with Gasteiger partial charge in [0, 0.05) is 19.3 Å². The van der Waals surface area contributed by atoms with E-state index in [0.717, 1.165) is 30.2 Å². The molecule has 5 nitrogen and oxygen atoms in total. The summed E-state index contributed by atoms with van der Waals surface area (Å²) in [5, 5.41) is 12.7. The van der Waals surface area contributed by atoms with Crippen LogP contribution in [0.5, 0.6) is 0 Å². The molecule has 1 amide bonds. The van der Waals surface area contributed by atoms with Crippen molar-refractivity contribution < 1.29 is 18.7 Å². The number of amides is 1. The Labute approximate surface area is 138 Å². The minimum atomic E-state index is -2.74. The van der Waals surface area contributed by atoms with Crippen LogP contribution in [0.4, 0.5) is 8.78 Å². The Balaban J connectivity index is 1.58. The summed E-state index contributed by atoms with van der Waals surface area (Å²) >= 11 is 0. The van der Waals surface area contributed by atoms with Crippen LogP contribution in [0.3, 0.4) is 0 Å². The number of nitrogens with zero attached hydrogens (tertiary/aromatic N) is 3. The highest BCUT2D eigenvalue weighted by molar-refractivity contribution is 5.92. The van der Waals surface area contributed by atoms with E-state index < -0.39 is 6.55 Å². The topological polar surface area (TPSA) is 58.4 Å². The fourth-order valence-corrected chi connectivity index (χ4v) is 3.02. The van der Waals surface area contributed by atoms with Crippen molar-refractivity contribution in [2.75, 3.05) is 13.1 Å². The lowest BCUT2D eigenvalue weighted by Gasteiger charge is -2.15. The van der Waals surface area contributed by atoms with Crippen molar-refractivity contribution in [3.05, 3.63) is 53.3 Å². The fourth-order valence-electron chi connectivity index (χ4n) is 3.02. The van der Waals surface area contributed by atoms with Crippen LogP contribution < -0.4 is 0 Å². The zero-order chi connectivity index (χ0) is 17.1. The van der Waals surface area contributed by atoms with Crippen LogP contribution in [0, 0.1) is 5.92 Å². The number of alkyl halides is 2. The molecule has 3 rings (SSSR count). The maximum atomic E-state index is 12.5. The Kier molecular flexibility index (Phi) is 4.89. The number of aliphatic hydroxyl groups is 1. The van der Waals surface area contributed by atoms with E-state index in [0.29, 0.717) is 23.7 Å². The molecule has 0 bridgehead atoms. The first kappa shape index (κ1) is 16.6. The van der Waals surface area contributed by atoms with E-state index in [1.807, 2.05) is 24.3 Å². The zero-order valence-corrected chi connectivity index (χ0v) is 13.1. The van der Waals surface area contributed by atoms with E-state index in [4.69, 9.17) is 5.11 Å². The highest BCUT2D eigenvalue weighted by atomic mass is 19.3. The quantitative estimate of drug-likeness (QED) is 0.913. The molecular formula is C17H19F2N3O2. The first-order valence-electron chi connectivity index (χ1n) is 7.88. The molecule has 1 N–H and O–H groups in total. The number of aliphatic hydroxyl groups excluding tert-OH is 1. The molecule has 1 fully saturated rings. The van der Waals surface area contributed by atoms with Crippen molar-refractivity contribution in [1.29, 1.82) is 0 Å². The number of hydrogen-bond donors (Lipinski definition) is 1. The molecule has 0 spiro atoms. The smallest absolute Gasteiger partial charge is 0.333 e. The molecule has 0 radical (unpaired) electrons. The molecule has 128 valence electrons. The number of rotatable bonds is 5. The molecule has 1 aromatic carbocycles. The number of likely N-dealkylation sites (tertiary alicyclic amines) is 1. The van der Waals surface area contributed by atoms with Gasteiger partial charge in [0.1, 0.15) is 0 Å². The number of halogens is 2. The average Bonchev–Trinajstić information content (AvgIpc) is 3.24. The standard InChI is InChI=1S/C17H19F2N3O2/c18-17(19)22-8-6-15(20-22)16(24)21-7-5-14(10-21)9-12-1-3-13(11-23)4-2-12/h1-4,6,8,14,17,23H,5,7,9-11H2/t14-/m0/s1. The Bertz CT molecular complexity index is 700. The molecule has 7 heteroatoms. The van der Waals surface area contributed by atoms with E-state index >= 15 is 0 Å². The monoisotopic (exact) mass is 335 g/mol. The van der Waals surface area contributed by atoms with Gasteiger partial charge in [-0.15, -0.1) is 0 Å². The second-order valence-corrected chi connectivity index (χ2v) is 6.04. The van der Waals surface area contributed by atoms with Gasteiger partial charge >= 0.3 is 6.55 Å². The van der Waals surface area contributed by atoms with Crippen molar-refractivity contribution in [2.24, 2.45) is 5.92 Å². The van der Waals surface area contributed by atoms with Gasteiger partial charge in [0.15, 0.2) is 5.69 Å². The van der Waals surface area contributed by atoms with E-state index in [2.05, 4.69) is 5.10 Å². The molecule has 24 heavy (non-hydrogen) atoms. The normalized spacial score (nSPS) is 17.7. The van der Waals surface area contributed by atoms with Crippen molar-refractivity contribution >= 4 is 5.91 Å². The number of hydrogen-bond acceptors (Lipinski definition) is 3. The molecule has 1 saturated heterocycles. The van der Waals surface area contributed by atoms with E-state index in [1.54, 1.807) is 4.90 Å². The number of carbonyl (C=O) groups is 1. The molecule has 0 unspecified atom stereocenters. The minimum Gasteiger partial charge on any atom is -0.392 e. The third-order valence-corrected chi connectivity index (χ3v) is 4.33. The van der Waals surface area contributed by atoms with Crippen molar-refractivity contribution in [1.82, 2.24) is 14.7 Å². The van der Waals surface area contributed by atoms with Gasteiger partial charge in [-0.05, 0) is 36.0 Å². The van der Waals surface area contributed by atoms with E-state index in [-0.39, 0.29) is 18.2 Å².